The molecular formula is C17H21Cl2N3OS. The Hall–Kier alpha value is -1.56. The topological polar surface area (TPSA) is 41.1 Å². The molecular weight excluding hydrogens is 365 g/mol. The van der Waals surface area contributed by atoms with Crippen LogP contribution in [0, 0.1) is 0 Å². The summed E-state index contributed by atoms with van der Waals surface area (Å²) in [6.45, 7) is 0. The van der Waals surface area contributed by atoms with E-state index in [4.69, 9.17) is 4.74 Å². The number of H-pyrrole nitrogens is 1. The Balaban J connectivity index is 0.00000144. The molecule has 1 aromatic heterocycles. The molecule has 0 spiro atoms. The van der Waals surface area contributed by atoms with Crippen molar-refractivity contribution in [2.24, 2.45) is 0 Å². The Labute approximate surface area is 158 Å². The highest BCUT2D eigenvalue weighted by Crippen LogP contribution is 2.28. The number of nitrogens with zero attached hydrogens (tertiary/aromatic N) is 2. The number of anilines is 1. The average Bonchev–Trinajstić information content (AvgIpc) is 2.94. The molecule has 0 bridgehead atoms. The smallest absolute Gasteiger partial charge is 0.166 e. The largest absolute Gasteiger partial charge is 0.497 e. The molecule has 3 aromatic rings. The number of fused-ring (bicyclic) bond motifs is 1. The highest BCUT2D eigenvalue weighted by molar-refractivity contribution is 7.98. The van der Waals surface area contributed by atoms with Gasteiger partial charge < -0.3 is 14.6 Å². The first-order valence-electron chi connectivity index (χ1n) is 7.09. The molecule has 4 nitrogen and oxygen atoms in total. The third-order valence-corrected chi connectivity index (χ3v) is 4.43. The van der Waals surface area contributed by atoms with Crippen LogP contribution in [0.3, 0.4) is 0 Å². The van der Waals surface area contributed by atoms with Crippen molar-refractivity contribution in [3.63, 3.8) is 0 Å². The summed E-state index contributed by atoms with van der Waals surface area (Å²) in [5, 5.41) is 0.928. The van der Waals surface area contributed by atoms with Crippen LogP contribution in [-0.4, -0.2) is 31.2 Å². The molecule has 7 heteroatoms. The normalized spacial score (nSPS) is 9.96. The van der Waals surface area contributed by atoms with Gasteiger partial charge in [0, 0.05) is 31.6 Å². The summed E-state index contributed by atoms with van der Waals surface area (Å²) < 4.78 is 5.24. The number of benzene rings is 2. The Bertz CT molecular complexity index is 792. The third-order valence-electron chi connectivity index (χ3n) is 3.51. The minimum Gasteiger partial charge on any atom is -0.497 e. The maximum atomic E-state index is 5.24. The van der Waals surface area contributed by atoms with Crippen LogP contribution in [0.25, 0.3) is 11.0 Å². The fourth-order valence-corrected chi connectivity index (χ4v) is 3.25. The Morgan fingerprint density at radius 3 is 2.58 bits per heavy atom. The minimum absolute atomic E-state index is 0. The molecule has 2 aromatic carbocycles. The molecule has 0 aliphatic rings. The highest BCUT2D eigenvalue weighted by atomic mass is 35.5. The van der Waals surface area contributed by atoms with Crippen LogP contribution in [-0.2, 0) is 5.75 Å². The predicted molar refractivity (Wildman–Crippen MR) is 107 cm³/mol. The zero-order chi connectivity index (χ0) is 15.5. The Morgan fingerprint density at radius 1 is 1.12 bits per heavy atom. The molecule has 0 fully saturated rings. The number of imidazole rings is 1. The molecule has 0 atom stereocenters. The molecule has 0 aliphatic carbocycles. The van der Waals surface area contributed by atoms with Gasteiger partial charge in [-0.25, -0.2) is 4.98 Å². The maximum absolute atomic E-state index is 5.24. The maximum Gasteiger partial charge on any atom is 0.166 e. The summed E-state index contributed by atoms with van der Waals surface area (Å²) in [7, 11) is 5.80. The average molecular weight is 386 g/mol. The molecule has 130 valence electrons. The molecule has 0 saturated carbocycles. The summed E-state index contributed by atoms with van der Waals surface area (Å²) in [5.74, 6) is 1.71. The van der Waals surface area contributed by atoms with Gasteiger partial charge in [-0.05, 0) is 23.8 Å². The predicted octanol–water partition coefficient (Wildman–Crippen LogP) is 4.77. The van der Waals surface area contributed by atoms with Crippen molar-refractivity contribution in [2.75, 3.05) is 26.1 Å². The Morgan fingerprint density at radius 2 is 1.88 bits per heavy atom. The highest BCUT2D eigenvalue weighted by Gasteiger charge is 2.08. The quantitative estimate of drug-likeness (QED) is 0.641. The van der Waals surface area contributed by atoms with Crippen LogP contribution in [0.2, 0.25) is 0 Å². The van der Waals surface area contributed by atoms with E-state index in [2.05, 4.69) is 53.2 Å². The third kappa shape index (κ3) is 4.50. The van der Waals surface area contributed by atoms with Gasteiger partial charge in [0.1, 0.15) is 5.75 Å². The molecule has 0 aliphatic heterocycles. The summed E-state index contributed by atoms with van der Waals surface area (Å²) >= 11 is 1.71. The summed E-state index contributed by atoms with van der Waals surface area (Å²) in [4.78, 5) is 10.1. The van der Waals surface area contributed by atoms with Crippen LogP contribution in [0.15, 0.2) is 47.6 Å². The lowest BCUT2D eigenvalue weighted by molar-refractivity contribution is 0.415. The lowest BCUT2D eigenvalue weighted by Gasteiger charge is -2.16. The monoisotopic (exact) mass is 385 g/mol. The van der Waals surface area contributed by atoms with Gasteiger partial charge in [-0.2, -0.15) is 0 Å². The first-order valence-corrected chi connectivity index (χ1v) is 8.07. The molecule has 0 saturated heterocycles. The fourth-order valence-electron chi connectivity index (χ4n) is 2.37. The van der Waals surface area contributed by atoms with Crippen LogP contribution in [0.5, 0.6) is 5.75 Å². The molecule has 0 amide bonds. The molecule has 24 heavy (non-hydrogen) atoms. The van der Waals surface area contributed by atoms with Gasteiger partial charge in [-0.3, -0.25) is 0 Å². The SMILES string of the molecule is COc1ccc2[nH]c(SCc3ccccc3N(C)C)nc2c1.Cl.Cl. The minimum atomic E-state index is 0. The van der Waals surface area contributed by atoms with Gasteiger partial charge in [-0.15, -0.1) is 24.8 Å². The van der Waals surface area contributed by atoms with E-state index < -0.39 is 0 Å². The second-order valence-electron chi connectivity index (χ2n) is 5.24. The number of methoxy groups -OCH3 is 1. The number of thioether (sulfide) groups is 1. The van der Waals surface area contributed by atoms with Crippen molar-refractivity contribution in [2.45, 2.75) is 10.9 Å². The zero-order valence-electron chi connectivity index (χ0n) is 13.8. The van der Waals surface area contributed by atoms with Gasteiger partial charge in [0.2, 0.25) is 0 Å². The van der Waals surface area contributed by atoms with Crippen LogP contribution < -0.4 is 9.64 Å². The van der Waals surface area contributed by atoms with Crippen molar-refractivity contribution < 1.29 is 4.74 Å². The standard InChI is InChI=1S/C17H19N3OS.2ClH/c1-20(2)16-7-5-4-6-12(16)11-22-17-18-14-9-8-13(21-3)10-15(14)19-17;;/h4-10H,11H2,1-3H3,(H,18,19);2*1H. The summed E-state index contributed by atoms with van der Waals surface area (Å²) in [6.07, 6.45) is 0. The van der Waals surface area contributed by atoms with Crippen molar-refractivity contribution in [3.05, 3.63) is 48.0 Å². The van der Waals surface area contributed by atoms with Gasteiger partial charge >= 0.3 is 0 Å². The van der Waals surface area contributed by atoms with E-state index in [1.165, 1.54) is 11.3 Å². The van der Waals surface area contributed by atoms with Gasteiger partial charge in [-0.1, -0.05) is 30.0 Å². The van der Waals surface area contributed by atoms with Gasteiger partial charge in [0.15, 0.2) is 5.16 Å². The number of aromatic amines is 1. The molecule has 3 rings (SSSR count). The number of nitrogens with one attached hydrogen (secondary N) is 1. The van der Waals surface area contributed by atoms with Crippen molar-refractivity contribution in [1.29, 1.82) is 0 Å². The summed E-state index contributed by atoms with van der Waals surface area (Å²) in [6, 6.07) is 14.3. The molecule has 1 N–H and O–H groups in total. The lowest BCUT2D eigenvalue weighted by Crippen LogP contribution is -2.10. The number of hydrogen-bond acceptors (Lipinski definition) is 4. The van der Waals surface area contributed by atoms with Crippen LogP contribution in [0.1, 0.15) is 5.56 Å². The van der Waals surface area contributed by atoms with Gasteiger partial charge in [0.25, 0.3) is 0 Å². The van der Waals surface area contributed by atoms with Crippen molar-refractivity contribution >= 4 is 53.3 Å². The zero-order valence-corrected chi connectivity index (χ0v) is 16.2. The lowest BCUT2D eigenvalue weighted by atomic mass is 10.2. The second-order valence-corrected chi connectivity index (χ2v) is 6.20. The first-order chi connectivity index (χ1) is 10.7. The number of para-hydroxylation sites is 1. The Kier molecular flexibility index (Phi) is 7.73. The fraction of sp³-hybridized carbons (Fsp3) is 0.235. The van der Waals surface area contributed by atoms with E-state index in [0.717, 1.165) is 27.7 Å². The summed E-state index contributed by atoms with van der Waals surface area (Å²) in [5.41, 5.74) is 4.51. The van der Waals surface area contributed by atoms with Crippen LogP contribution >= 0.6 is 36.6 Å². The number of rotatable bonds is 5. The number of hydrogen-bond donors (Lipinski definition) is 1. The van der Waals surface area contributed by atoms with E-state index in [1.54, 1.807) is 18.9 Å². The van der Waals surface area contributed by atoms with Crippen molar-refractivity contribution in [3.8, 4) is 5.75 Å². The van der Waals surface area contributed by atoms with E-state index in [1.807, 2.05) is 18.2 Å². The number of halogens is 2. The molecule has 0 radical (unpaired) electrons. The first kappa shape index (κ1) is 20.5. The van der Waals surface area contributed by atoms with E-state index >= 15 is 0 Å². The molecule has 0 unspecified atom stereocenters. The van der Waals surface area contributed by atoms with E-state index in [-0.39, 0.29) is 24.8 Å². The van der Waals surface area contributed by atoms with E-state index in [0.29, 0.717) is 0 Å². The van der Waals surface area contributed by atoms with Gasteiger partial charge in [0.05, 0.1) is 18.1 Å². The number of aromatic nitrogens is 2. The van der Waals surface area contributed by atoms with Crippen LogP contribution in [0.4, 0.5) is 5.69 Å². The number of ether oxygens (including phenoxy) is 1. The second kappa shape index (κ2) is 9.06. The molecule has 1 heterocycles. The van der Waals surface area contributed by atoms with E-state index in [9.17, 15) is 0 Å². The van der Waals surface area contributed by atoms with Crippen molar-refractivity contribution in [1.82, 2.24) is 9.97 Å².